The van der Waals surface area contributed by atoms with Gasteiger partial charge >= 0.3 is 0 Å². The second-order valence-electron chi connectivity index (χ2n) is 3.69. The number of hydrogen-bond acceptors (Lipinski definition) is 5. The Labute approximate surface area is 123 Å². The average molecular weight is 319 g/mol. The van der Waals surface area contributed by atoms with Crippen LogP contribution in [0.1, 0.15) is 11.1 Å². The van der Waals surface area contributed by atoms with E-state index in [0.29, 0.717) is 10.6 Å². The molecule has 0 aliphatic heterocycles. The summed E-state index contributed by atoms with van der Waals surface area (Å²) in [6.07, 6.45) is 3.70. The van der Waals surface area contributed by atoms with Crippen LogP contribution in [-0.4, -0.2) is 24.9 Å². The fraction of sp³-hybridized carbons (Fsp3) is 0.167. The van der Waals surface area contributed by atoms with Crippen molar-refractivity contribution >= 4 is 22.8 Å². The van der Waals surface area contributed by atoms with Gasteiger partial charge in [0.15, 0.2) is 6.21 Å². The fourth-order valence-corrected chi connectivity index (χ4v) is 1.20. The summed E-state index contributed by atoms with van der Waals surface area (Å²) in [5.41, 5.74) is 1.55. The maximum Gasteiger partial charge on any atom is 0.164 e. The van der Waals surface area contributed by atoms with E-state index in [9.17, 15) is 0 Å². The van der Waals surface area contributed by atoms with Crippen molar-refractivity contribution in [2.75, 3.05) is 14.1 Å². The molecule has 0 saturated heterocycles. The topological polar surface area (TPSA) is 119 Å². The zero-order valence-corrected chi connectivity index (χ0v) is 12.3. The van der Waals surface area contributed by atoms with Crippen molar-refractivity contribution in [3.05, 3.63) is 41.5 Å². The van der Waals surface area contributed by atoms with Crippen LogP contribution in [0.5, 0.6) is 0 Å². The predicted octanol–water partition coefficient (Wildman–Crippen LogP) is -2.28. The molecule has 0 bridgehead atoms. The van der Waals surface area contributed by atoms with Gasteiger partial charge in [0.05, 0.1) is 16.7 Å². The zero-order chi connectivity index (χ0) is 15.8. The molecule has 20 heavy (non-hydrogen) atoms. The van der Waals surface area contributed by atoms with Gasteiger partial charge < -0.3 is 0 Å². The van der Waals surface area contributed by atoms with Crippen molar-refractivity contribution in [3.8, 4) is 6.07 Å². The Morgan fingerprint density at radius 3 is 2.00 bits per heavy atom. The Bertz CT molecular complexity index is 518. The van der Waals surface area contributed by atoms with E-state index in [4.69, 9.17) is 35.5 Å². The third-order valence-corrected chi connectivity index (χ3v) is 2.15. The average Bonchev–Trinajstić information content (AvgIpc) is 2.34. The number of rotatable bonds is 2. The molecule has 1 rings (SSSR count). The van der Waals surface area contributed by atoms with Crippen molar-refractivity contribution in [2.45, 2.75) is 0 Å². The molecule has 0 heterocycles. The van der Waals surface area contributed by atoms with Gasteiger partial charge in [-0.2, -0.15) is 5.26 Å². The van der Waals surface area contributed by atoms with Crippen molar-refractivity contribution in [3.63, 3.8) is 0 Å². The molecule has 0 N–H and O–H groups in total. The molecule has 1 aromatic carbocycles. The van der Waals surface area contributed by atoms with Gasteiger partial charge in [-0.3, -0.25) is 0 Å². The zero-order valence-electron chi connectivity index (χ0n) is 10.7. The highest BCUT2D eigenvalue weighted by Gasteiger charge is 1.97. The molecule has 108 valence electrons. The summed E-state index contributed by atoms with van der Waals surface area (Å²) in [5, 5.41) is 9.29. The van der Waals surface area contributed by atoms with Crippen LogP contribution in [0.2, 0.25) is 0 Å². The van der Waals surface area contributed by atoms with Crippen LogP contribution in [0.4, 0.5) is 0 Å². The second-order valence-corrected chi connectivity index (χ2v) is 4.86. The quantitative estimate of drug-likeness (QED) is 0.449. The lowest BCUT2D eigenvalue weighted by Gasteiger charge is -2.17. The van der Waals surface area contributed by atoms with Gasteiger partial charge in [0, 0.05) is 6.08 Å². The van der Waals surface area contributed by atoms with Crippen molar-refractivity contribution in [2.24, 2.45) is 0 Å². The molecule has 0 aliphatic rings. The lowest BCUT2D eigenvalue weighted by molar-refractivity contribution is -2.00. The van der Waals surface area contributed by atoms with E-state index in [-0.39, 0.29) is 0 Å². The largest absolute Gasteiger partial charge is 0.241 e. The Morgan fingerprint density at radius 2 is 1.65 bits per heavy atom. The smallest absolute Gasteiger partial charge is 0.164 e. The molecule has 0 fully saturated rings. The molecule has 0 spiro atoms. The first-order valence-corrected chi connectivity index (χ1v) is 6.74. The first kappa shape index (κ1) is 18.5. The molecular weight excluding hydrogens is 307 g/mol. The summed E-state index contributed by atoms with van der Waals surface area (Å²) < 4.78 is 35.9. The third kappa shape index (κ3) is 10.5. The molecule has 0 atom stereocenters. The molecule has 0 aromatic heterocycles. The molecule has 0 saturated carbocycles. The molecule has 6 nitrogen and oxygen atoms in total. The monoisotopic (exact) mass is 318 g/mol. The summed E-state index contributed by atoms with van der Waals surface area (Å²) >= 11 is 6.07. The molecule has 1 aromatic rings. The maximum absolute atomic E-state index is 8.63. The van der Waals surface area contributed by atoms with Gasteiger partial charge in [-0.15, -0.1) is 10.2 Å². The summed E-state index contributed by atoms with van der Waals surface area (Å²) in [5.74, 6) is 0. The van der Waals surface area contributed by atoms with Crippen LogP contribution in [0.25, 0.3) is 5.03 Å². The Morgan fingerprint density at radius 1 is 1.20 bits per heavy atom. The van der Waals surface area contributed by atoms with Crippen LogP contribution in [0, 0.1) is 21.6 Å². The van der Waals surface area contributed by atoms with Crippen LogP contribution in [0.3, 0.4) is 0 Å². The normalized spacial score (nSPS) is 11.0. The van der Waals surface area contributed by atoms with Crippen LogP contribution < -0.4 is 18.6 Å². The fourth-order valence-electron chi connectivity index (χ4n) is 1.01. The number of benzene rings is 1. The Balaban J connectivity index is 0.000000621. The number of nitriles is 1. The molecule has 8 heteroatoms. The van der Waals surface area contributed by atoms with E-state index >= 15 is 0 Å². The SMILES string of the molecule is C[N+](C)=C/C=C(/Cl)c1ccc(C#N)cc1.[O-][Cl+3]([O-])([O-])[O-]. The minimum atomic E-state index is -4.94. The van der Waals surface area contributed by atoms with E-state index in [1.165, 1.54) is 0 Å². The Kier molecular flexibility index (Phi) is 8.03. The van der Waals surface area contributed by atoms with Gasteiger partial charge in [-0.25, -0.2) is 23.2 Å². The van der Waals surface area contributed by atoms with Crippen LogP contribution in [-0.2, 0) is 0 Å². The van der Waals surface area contributed by atoms with Crippen LogP contribution in [0.15, 0.2) is 30.3 Å². The summed E-state index contributed by atoms with van der Waals surface area (Å²) in [6, 6.07) is 9.24. The molecule has 0 aliphatic carbocycles. The summed E-state index contributed by atoms with van der Waals surface area (Å²) in [6.45, 7) is 0. The molecule has 0 unspecified atom stereocenters. The summed E-state index contributed by atoms with van der Waals surface area (Å²) in [4.78, 5) is 0. The van der Waals surface area contributed by atoms with Gasteiger partial charge in [0.2, 0.25) is 0 Å². The van der Waals surface area contributed by atoms with Gasteiger partial charge in [-0.05, 0) is 17.7 Å². The van der Waals surface area contributed by atoms with Gasteiger partial charge in [-0.1, -0.05) is 23.7 Å². The highest BCUT2D eigenvalue weighted by Crippen LogP contribution is 2.18. The Hall–Kier alpha value is -1.46. The number of allylic oxidation sites excluding steroid dienone is 1. The highest BCUT2D eigenvalue weighted by molar-refractivity contribution is 6.49. The van der Waals surface area contributed by atoms with Crippen molar-refractivity contribution < 1.29 is 33.5 Å². The van der Waals surface area contributed by atoms with Gasteiger partial charge in [0.25, 0.3) is 0 Å². The first-order chi connectivity index (χ1) is 9.13. The van der Waals surface area contributed by atoms with E-state index in [2.05, 4.69) is 6.07 Å². The minimum Gasteiger partial charge on any atom is -0.241 e. The number of hydrogen-bond donors (Lipinski definition) is 0. The first-order valence-electron chi connectivity index (χ1n) is 5.13. The van der Waals surface area contributed by atoms with Crippen molar-refractivity contribution in [1.82, 2.24) is 0 Å². The van der Waals surface area contributed by atoms with E-state index < -0.39 is 10.2 Å². The summed E-state index contributed by atoms with van der Waals surface area (Å²) in [7, 11) is -1.08. The van der Waals surface area contributed by atoms with E-state index in [1.807, 2.05) is 43.1 Å². The van der Waals surface area contributed by atoms with Crippen molar-refractivity contribution in [1.29, 1.82) is 5.26 Å². The lowest BCUT2D eigenvalue weighted by Crippen LogP contribution is -2.68. The number of nitrogens with zero attached hydrogens (tertiary/aromatic N) is 2. The lowest BCUT2D eigenvalue weighted by atomic mass is 10.1. The molecule has 0 amide bonds. The standard InChI is InChI=1S/C12H12ClN2.ClHO4/c1-15(2)8-7-12(13)11-5-3-10(9-14)4-6-11;2-1(3,4)5/h3-8H,1-2H3;(H,2,3,4,5)/q+1;/p-1/b12-7+;. The van der Waals surface area contributed by atoms with E-state index in [0.717, 1.165) is 5.56 Å². The van der Waals surface area contributed by atoms with Crippen LogP contribution >= 0.6 is 11.6 Å². The second kappa shape index (κ2) is 8.66. The third-order valence-electron chi connectivity index (χ3n) is 1.81. The predicted molar refractivity (Wildman–Crippen MR) is 63.2 cm³/mol. The number of halogens is 2. The van der Waals surface area contributed by atoms with Gasteiger partial charge in [0.1, 0.15) is 14.1 Å². The van der Waals surface area contributed by atoms with E-state index in [1.54, 1.807) is 12.1 Å². The molecular formula is C12H12Cl2N2O4. The molecule has 0 radical (unpaired) electrons. The highest BCUT2D eigenvalue weighted by atomic mass is 35.7. The minimum absolute atomic E-state index is 0.639. The maximum atomic E-state index is 8.63.